The smallest absolute Gasteiger partial charge is 0.169 e. The van der Waals surface area contributed by atoms with E-state index in [0.29, 0.717) is 19.2 Å². The average Bonchev–Trinajstić information content (AvgIpc) is 2.40. The van der Waals surface area contributed by atoms with Crippen molar-refractivity contribution in [2.24, 2.45) is 0 Å². The van der Waals surface area contributed by atoms with Gasteiger partial charge in [0.05, 0.1) is 19.2 Å². The third-order valence-electron chi connectivity index (χ3n) is 3.43. The number of ether oxygens (including phenoxy) is 1. The molecule has 0 aromatic heterocycles. The fourth-order valence-electron chi connectivity index (χ4n) is 2.42. The van der Waals surface area contributed by atoms with Gasteiger partial charge in [-0.05, 0) is 25.1 Å². The number of hydrogen-bond acceptors (Lipinski definition) is 3. The molecular formula is C12H19N3OS. The molecular weight excluding hydrogens is 234 g/mol. The number of thiocarbonyl (C=S) groups is 1. The molecule has 0 spiro atoms. The molecule has 5 heteroatoms. The summed E-state index contributed by atoms with van der Waals surface area (Å²) in [7, 11) is 0. The van der Waals surface area contributed by atoms with E-state index < -0.39 is 0 Å². The fraction of sp³-hybridized carbons (Fsp3) is 0.833. The van der Waals surface area contributed by atoms with Crippen LogP contribution in [0.15, 0.2) is 0 Å². The highest BCUT2D eigenvalue weighted by Crippen LogP contribution is 2.18. The lowest BCUT2D eigenvalue weighted by Crippen LogP contribution is -2.51. The SMILES string of the molecule is N#CC1CN(C(=S)NC2CCCCC2)CCO1. The molecule has 2 fully saturated rings. The molecule has 0 aromatic rings. The van der Waals surface area contributed by atoms with E-state index in [1.165, 1.54) is 32.1 Å². The molecule has 1 aliphatic carbocycles. The summed E-state index contributed by atoms with van der Waals surface area (Å²) in [5.74, 6) is 0. The maximum Gasteiger partial charge on any atom is 0.169 e. The van der Waals surface area contributed by atoms with E-state index in [1.807, 2.05) is 0 Å². The highest BCUT2D eigenvalue weighted by Gasteiger charge is 2.23. The fourth-order valence-corrected chi connectivity index (χ4v) is 2.76. The second-order valence-corrected chi connectivity index (χ2v) is 5.11. The van der Waals surface area contributed by atoms with Gasteiger partial charge in [-0.3, -0.25) is 0 Å². The summed E-state index contributed by atoms with van der Waals surface area (Å²) < 4.78 is 5.31. The van der Waals surface area contributed by atoms with Crippen LogP contribution in [0.4, 0.5) is 0 Å². The van der Waals surface area contributed by atoms with Crippen molar-refractivity contribution in [2.45, 2.75) is 44.2 Å². The molecule has 4 nitrogen and oxygen atoms in total. The number of nitriles is 1. The highest BCUT2D eigenvalue weighted by atomic mass is 32.1. The van der Waals surface area contributed by atoms with Crippen molar-refractivity contribution in [3.05, 3.63) is 0 Å². The van der Waals surface area contributed by atoms with Gasteiger partial charge in [0.15, 0.2) is 11.2 Å². The lowest BCUT2D eigenvalue weighted by Gasteiger charge is -2.34. The molecule has 0 aromatic carbocycles. The van der Waals surface area contributed by atoms with Crippen LogP contribution in [0.3, 0.4) is 0 Å². The summed E-state index contributed by atoms with van der Waals surface area (Å²) in [6.45, 7) is 1.97. The van der Waals surface area contributed by atoms with Gasteiger partial charge in [-0.25, -0.2) is 0 Å². The largest absolute Gasteiger partial charge is 0.360 e. The van der Waals surface area contributed by atoms with Crippen molar-refractivity contribution in [1.29, 1.82) is 5.26 Å². The molecule has 17 heavy (non-hydrogen) atoms. The molecule has 1 N–H and O–H groups in total. The average molecular weight is 253 g/mol. The van der Waals surface area contributed by atoms with Crippen molar-refractivity contribution in [2.75, 3.05) is 19.7 Å². The Bertz CT molecular complexity index is 309. The topological polar surface area (TPSA) is 48.3 Å². The van der Waals surface area contributed by atoms with E-state index in [2.05, 4.69) is 16.3 Å². The van der Waals surface area contributed by atoms with Gasteiger partial charge in [0, 0.05) is 12.6 Å². The summed E-state index contributed by atoms with van der Waals surface area (Å²) >= 11 is 5.41. The Morgan fingerprint density at radius 2 is 2.12 bits per heavy atom. The Labute approximate surface area is 108 Å². The molecule has 0 radical (unpaired) electrons. The summed E-state index contributed by atoms with van der Waals surface area (Å²) in [6, 6.07) is 2.67. The highest BCUT2D eigenvalue weighted by molar-refractivity contribution is 7.80. The maximum absolute atomic E-state index is 8.85. The Hall–Kier alpha value is -0.860. The van der Waals surface area contributed by atoms with Gasteiger partial charge in [0.2, 0.25) is 0 Å². The van der Waals surface area contributed by atoms with E-state index >= 15 is 0 Å². The number of rotatable bonds is 1. The first kappa shape index (κ1) is 12.6. The van der Waals surface area contributed by atoms with E-state index in [1.54, 1.807) is 0 Å². The second-order valence-electron chi connectivity index (χ2n) is 4.72. The first-order valence-corrected chi connectivity index (χ1v) is 6.77. The molecule has 1 saturated carbocycles. The predicted molar refractivity (Wildman–Crippen MR) is 69.5 cm³/mol. The molecule has 1 unspecified atom stereocenters. The molecule has 0 bridgehead atoms. The zero-order valence-electron chi connectivity index (χ0n) is 10.0. The molecule has 1 atom stereocenters. The van der Waals surface area contributed by atoms with Crippen LogP contribution in [-0.4, -0.2) is 41.9 Å². The van der Waals surface area contributed by atoms with Gasteiger partial charge in [-0.2, -0.15) is 5.26 Å². The normalized spacial score (nSPS) is 26.3. The Kier molecular flexibility index (Phi) is 4.57. The maximum atomic E-state index is 8.85. The molecule has 2 aliphatic rings. The van der Waals surface area contributed by atoms with Crippen LogP contribution in [0.2, 0.25) is 0 Å². The molecule has 94 valence electrons. The first-order chi connectivity index (χ1) is 8.29. The Morgan fingerprint density at radius 3 is 2.82 bits per heavy atom. The van der Waals surface area contributed by atoms with Crippen molar-refractivity contribution in [3.8, 4) is 6.07 Å². The van der Waals surface area contributed by atoms with E-state index in [0.717, 1.165) is 11.7 Å². The minimum atomic E-state index is -0.338. The van der Waals surface area contributed by atoms with Gasteiger partial charge >= 0.3 is 0 Å². The van der Waals surface area contributed by atoms with Crippen molar-refractivity contribution < 1.29 is 4.74 Å². The van der Waals surface area contributed by atoms with Gasteiger partial charge in [0.25, 0.3) is 0 Å². The lowest BCUT2D eigenvalue weighted by atomic mass is 9.96. The number of morpholine rings is 1. The Morgan fingerprint density at radius 1 is 1.35 bits per heavy atom. The molecule has 1 saturated heterocycles. The summed E-state index contributed by atoms with van der Waals surface area (Å²) in [5, 5.41) is 13.1. The monoisotopic (exact) mass is 253 g/mol. The predicted octanol–water partition coefficient (Wildman–Crippen LogP) is 1.42. The second kappa shape index (κ2) is 6.18. The van der Waals surface area contributed by atoms with Crippen molar-refractivity contribution in [3.63, 3.8) is 0 Å². The molecule has 0 amide bonds. The Balaban J connectivity index is 1.80. The van der Waals surface area contributed by atoms with E-state index in [9.17, 15) is 0 Å². The van der Waals surface area contributed by atoms with Gasteiger partial charge < -0.3 is 15.0 Å². The van der Waals surface area contributed by atoms with Crippen LogP contribution in [0, 0.1) is 11.3 Å². The van der Waals surface area contributed by atoms with Crippen LogP contribution < -0.4 is 5.32 Å². The first-order valence-electron chi connectivity index (χ1n) is 6.36. The zero-order chi connectivity index (χ0) is 12.1. The minimum Gasteiger partial charge on any atom is -0.360 e. The van der Waals surface area contributed by atoms with Gasteiger partial charge in [-0.1, -0.05) is 19.3 Å². The molecule has 1 heterocycles. The third kappa shape index (κ3) is 3.55. The van der Waals surface area contributed by atoms with Crippen LogP contribution in [0.5, 0.6) is 0 Å². The quantitative estimate of drug-likeness (QED) is 0.716. The van der Waals surface area contributed by atoms with E-state index in [-0.39, 0.29) is 6.10 Å². The number of nitrogens with zero attached hydrogens (tertiary/aromatic N) is 2. The number of hydrogen-bond donors (Lipinski definition) is 1. The summed E-state index contributed by atoms with van der Waals surface area (Å²) in [6.07, 6.45) is 6.03. The van der Waals surface area contributed by atoms with Crippen LogP contribution >= 0.6 is 12.2 Å². The van der Waals surface area contributed by atoms with Crippen LogP contribution in [0.25, 0.3) is 0 Å². The van der Waals surface area contributed by atoms with Gasteiger partial charge in [0.1, 0.15) is 0 Å². The van der Waals surface area contributed by atoms with Crippen LogP contribution in [0.1, 0.15) is 32.1 Å². The standard InChI is InChI=1S/C12H19N3OS/c13-8-11-9-15(6-7-16-11)12(17)14-10-4-2-1-3-5-10/h10-11H,1-7,9H2,(H,14,17). The van der Waals surface area contributed by atoms with Crippen molar-refractivity contribution >= 4 is 17.3 Å². The van der Waals surface area contributed by atoms with Crippen LogP contribution in [-0.2, 0) is 4.74 Å². The molecule has 1 aliphatic heterocycles. The zero-order valence-corrected chi connectivity index (χ0v) is 10.8. The third-order valence-corrected chi connectivity index (χ3v) is 3.81. The summed E-state index contributed by atoms with van der Waals surface area (Å²) in [4.78, 5) is 2.06. The summed E-state index contributed by atoms with van der Waals surface area (Å²) in [5.41, 5.74) is 0. The van der Waals surface area contributed by atoms with Gasteiger partial charge in [-0.15, -0.1) is 0 Å². The number of nitrogens with one attached hydrogen (secondary N) is 1. The van der Waals surface area contributed by atoms with E-state index in [4.69, 9.17) is 22.2 Å². The lowest BCUT2D eigenvalue weighted by molar-refractivity contribution is 0.0259. The van der Waals surface area contributed by atoms with Crippen molar-refractivity contribution in [1.82, 2.24) is 10.2 Å². The minimum absolute atomic E-state index is 0.338. The molecule has 2 rings (SSSR count).